The topological polar surface area (TPSA) is 77.0 Å². The summed E-state index contributed by atoms with van der Waals surface area (Å²) in [5.41, 5.74) is 8.23. The van der Waals surface area contributed by atoms with Crippen molar-refractivity contribution in [3.05, 3.63) is 17.3 Å². The fourth-order valence-electron chi connectivity index (χ4n) is 0.562. The van der Waals surface area contributed by atoms with Crippen LogP contribution in [-0.2, 0) is 0 Å². The summed E-state index contributed by atoms with van der Waals surface area (Å²) in [5, 5.41) is 0.363. The molecule has 1 aromatic rings. The quantitative estimate of drug-likeness (QED) is 0.318. The van der Waals surface area contributed by atoms with Crippen LogP contribution in [0.3, 0.4) is 0 Å². The molecule has 1 aromatic heterocycles. The van der Waals surface area contributed by atoms with Gasteiger partial charge in [0.15, 0.2) is 5.82 Å². The summed E-state index contributed by atoms with van der Waals surface area (Å²) in [5.74, 6) is 5.46. The van der Waals surface area contributed by atoms with Gasteiger partial charge in [-0.1, -0.05) is 11.6 Å². The molecule has 0 aromatic carbocycles. The van der Waals surface area contributed by atoms with E-state index in [1.807, 2.05) is 0 Å². The standard InChI is InChI=1S/C5H7ClN4/c6-4-2-1-3(7)5(9-4)10-8/h1-2H,7-8H2,(H,9,10). The SMILES string of the molecule is NNc1nc(Cl)ccc1N. The Morgan fingerprint density at radius 2 is 2.20 bits per heavy atom. The average molecular weight is 159 g/mol. The molecule has 54 valence electrons. The van der Waals surface area contributed by atoms with Gasteiger partial charge >= 0.3 is 0 Å². The fourth-order valence-corrected chi connectivity index (χ4v) is 0.709. The highest BCUT2D eigenvalue weighted by atomic mass is 35.5. The number of anilines is 2. The number of hydrogen-bond acceptors (Lipinski definition) is 4. The number of nitrogens with two attached hydrogens (primary N) is 2. The van der Waals surface area contributed by atoms with Gasteiger partial charge in [-0.15, -0.1) is 0 Å². The molecular formula is C5H7ClN4. The minimum absolute atomic E-state index is 0.363. The highest BCUT2D eigenvalue weighted by molar-refractivity contribution is 6.29. The highest BCUT2D eigenvalue weighted by Crippen LogP contribution is 2.16. The maximum Gasteiger partial charge on any atom is 0.164 e. The van der Waals surface area contributed by atoms with Crippen LogP contribution in [0.1, 0.15) is 0 Å². The van der Waals surface area contributed by atoms with Crippen LogP contribution >= 0.6 is 11.6 Å². The van der Waals surface area contributed by atoms with E-state index in [4.69, 9.17) is 23.2 Å². The zero-order chi connectivity index (χ0) is 7.56. The van der Waals surface area contributed by atoms with E-state index >= 15 is 0 Å². The molecule has 0 fully saturated rings. The van der Waals surface area contributed by atoms with Crippen LogP contribution < -0.4 is 17.0 Å². The molecule has 0 radical (unpaired) electrons. The molecule has 0 aliphatic carbocycles. The maximum absolute atomic E-state index is 5.53. The van der Waals surface area contributed by atoms with Gasteiger partial charge in [0.25, 0.3) is 0 Å². The molecule has 1 heterocycles. The molecule has 0 spiro atoms. The van der Waals surface area contributed by atoms with E-state index in [-0.39, 0.29) is 0 Å². The Morgan fingerprint density at radius 1 is 1.50 bits per heavy atom. The first-order valence-electron chi connectivity index (χ1n) is 2.62. The van der Waals surface area contributed by atoms with Crippen LogP contribution in [0.4, 0.5) is 11.5 Å². The molecule has 5 N–H and O–H groups in total. The van der Waals surface area contributed by atoms with Gasteiger partial charge in [-0.25, -0.2) is 10.8 Å². The van der Waals surface area contributed by atoms with E-state index in [2.05, 4.69) is 10.4 Å². The number of halogens is 1. The van der Waals surface area contributed by atoms with Crippen LogP contribution in [0, 0.1) is 0 Å². The third kappa shape index (κ3) is 1.29. The van der Waals surface area contributed by atoms with E-state index in [1.165, 1.54) is 0 Å². The molecule has 0 unspecified atom stereocenters. The molecule has 0 atom stereocenters. The monoisotopic (exact) mass is 158 g/mol. The third-order valence-corrected chi connectivity index (χ3v) is 1.24. The van der Waals surface area contributed by atoms with Crippen molar-refractivity contribution in [2.75, 3.05) is 11.2 Å². The Bertz CT molecular complexity index is 237. The number of nitrogens with zero attached hydrogens (tertiary/aromatic N) is 1. The van der Waals surface area contributed by atoms with Crippen molar-refractivity contribution in [1.82, 2.24) is 4.98 Å². The lowest BCUT2D eigenvalue weighted by atomic mass is 10.4. The predicted octanol–water partition coefficient (Wildman–Crippen LogP) is 0.603. The molecule has 10 heavy (non-hydrogen) atoms. The number of hydrazine groups is 1. The van der Waals surface area contributed by atoms with Crippen molar-refractivity contribution in [3.63, 3.8) is 0 Å². The molecular weight excluding hydrogens is 152 g/mol. The number of pyridine rings is 1. The van der Waals surface area contributed by atoms with Crippen LogP contribution in [-0.4, -0.2) is 4.98 Å². The normalized spacial score (nSPS) is 9.40. The Kier molecular flexibility index (Phi) is 1.94. The molecule has 0 bridgehead atoms. The van der Waals surface area contributed by atoms with Crippen molar-refractivity contribution in [1.29, 1.82) is 0 Å². The second kappa shape index (κ2) is 2.72. The van der Waals surface area contributed by atoms with Crippen molar-refractivity contribution in [2.45, 2.75) is 0 Å². The smallest absolute Gasteiger partial charge is 0.164 e. The number of hydrogen-bond donors (Lipinski definition) is 3. The summed E-state index contributed by atoms with van der Waals surface area (Å²) in [6, 6.07) is 3.22. The number of nitrogens with one attached hydrogen (secondary N) is 1. The van der Waals surface area contributed by atoms with Gasteiger partial charge in [-0.3, -0.25) is 0 Å². The summed E-state index contributed by atoms with van der Waals surface area (Å²) in [6.07, 6.45) is 0. The van der Waals surface area contributed by atoms with Crippen molar-refractivity contribution in [3.8, 4) is 0 Å². The summed E-state index contributed by atoms with van der Waals surface area (Å²) in [7, 11) is 0. The third-order valence-electron chi connectivity index (χ3n) is 1.03. The maximum atomic E-state index is 5.53. The second-order valence-electron chi connectivity index (χ2n) is 1.72. The Morgan fingerprint density at radius 3 is 2.70 bits per heavy atom. The Hall–Kier alpha value is -1.00. The fraction of sp³-hybridized carbons (Fsp3) is 0. The van der Waals surface area contributed by atoms with Crippen LogP contribution in [0.25, 0.3) is 0 Å². The largest absolute Gasteiger partial charge is 0.396 e. The zero-order valence-electron chi connectivity index (χ0n) is 5.13. The number of rotatable bonds is 1. The summed E-state index contributed by atoms with van der Waals surface area (Å²) < 4.78 is 0. The Balaban J connectivity index is 3.09. The lowest BCUT2D eigenvalue weighted by Crippen LogP contribution is -2.10. The van der Waals surface area contributed by atoms with E-state index < -0.39 is 0 Å². The first-order chi connectivity index (χ1) is 4.74. The molecule has 0 aliphatic heterocycles. The van der Waals surface area contributed by atoms with Gasteiger partial charge in [0.1, 0.15) is 5.15 Å². The number of aromatic nitrogens is 1. The van der Waals surface area contributed by atoms with Gasteiger partial charge in [0, 0.05) is 0 Å². The second-order valence-corrected chi connectivity index (χ2v) is 2.10. The van der Waals surface area contributed by atoms with Crippen LogP contribution in [0.2, 0.25) is 5.15 Å². The minimum Gasteiger partial charge on any atom is -0.396 e. The van der Waals surface area contributed by atoms with Crippen LogP contribution in [0.15, 0.2) is 12.1 Å². The van der Waals surface area contributed by atoms with Gasteiger partial charge in [-0.2, -0.15) is 0 Å². The highest BCUT2D eigenvalue weighted by Gasteiger charge is 1.97. The van der Waals surface area contributed by atoms with E-state index in [0.717, 1.165) is 0 Å². The summed E-state index contributed by atoms with van der Waals surface area (Å²) in [6.45, 7) is 0. The average Bonchev–Trinajstić information content (AvgIpc) is 1.94. The van der Waals surface area contributed by atoms with Crippen molar-refractivity contribution in [2.24, 2.45) is 5.84 Å². The molecule has 1 rings (SSSR count). The van der Waals surface area contributed by atoms with Gasteiger partial charge in [0.05, 0.1) is 5.69 Å². The van der Waals surface area contributed by atoms with E-state index in [9.17, 15) is 0 Å². The van der Waals surface area contributed by atoms with Crippen LogP contribution in [0.5, 0.6) is 0 Å². The minimum atomic E-state index is 0.363. The van der Waals surface area contributed by atoms with Crippen molar-refractivity contribution < 1.29 is 0 Å². The number of nitrogen functional groups attached to an aromatic ring is 2. The molecule has 0 saturated carbocycles. The van der Waals surface area contributed by atoms with Crippen molar-refractivity contribution >= 4 is 23.1 Å². The molecule has 5 heteroatoms. The Labute approximate surface area is 63.2 Å². The lowest BCUT2D eigenvalue weighted by molar-refractivity contribution is 1.23. The first-order valence-corrected chi connectivity index (χ1v) is 3.00. The predicted molar refractivity (Wildman–Crippen MR) is 41.5 cm³/mol. The van der Waals surface area contributed by atoms with E-state index in [1.54, 1.807) is 12.1 Å². The van der Waals surface area contributed by atoms with Gasteiger partial charge < -0.3 is 11.2 Å². The molecule has 0 saturated heterocycles. The van der Waals surface area contributed by atoms with Gasteiger partial charge in [-0.05, 0) is 12.1 Å². The molecule has 4 nitrogen and oxygen atoms in total. The molecule has 0 aliphatic rings. The first kappa shape index (κ1) is 7.11. The summed E-state index contributed by atoms with van der Waals surface area (Å²) >= 11 is 5.53. The van der Waals surface area contributed by atoms with Gasteiger partial charge in [0.2, 0.25) is 0 Å². The lowest BCUT2D eigenvalue weighted by Gasteiger charge is -2.01. The summed E-state index contributed by atoms with van der Waals surface area (Å²) in [4.78, 5) is 3.80. The van der Waals surface area contributed by atoms with E-state index in [0.29, 0.717) is 16.7 Å². The zero-order valence-corrected chi connectivity index (χ0v) is 5.89. The molecule has 0 amide bonds.